The maximum absolute atomic E-state index is 5.49. The van der Waals surface area contributed by atoms with Gasteiger partial charge < -0.3 is 10.1 Å². The second-order valence-electron chi connectivity index (χ2n) is 4.93. The maximum atomic E-state index is 5.49. The van der Waals surface area contributed by atoms with Crippen LogP contribution in [0.15, 0.2) is 42.7 Å². The van der Waals surface area contributed by atoms with Crippen LogP contribution in [0.4, 0.5) is 5.82 Å². The molecule has 0 unspecified atom stereocenters. The summed E-state index contributed by atoms with van der Waals surface area (Å²) in [5.74, 6) is 4.00. The molecule has 0 spiro atoms. The van der Waals surface area contributed by atoms with Crippen molar-refractivity contribution in [2.45, 2.75) is 0 Å². The van der Waals surface area contributed by atoms with Crippen molar-refractivity contribution < 1.29 is 4.74 Å². The number of benzene rings is 1. The highest BCUT2D eigenvalue weighted by Crippen LogP contribution is 2.25. The number of anilines is 1. The van der Waals surface area contributed by atoms with Crippen molar-refractivity contribution in [3.05, 3.63) is 48.3 Å². The topological polar surface area (TPSA) is 59.9 Å². The molecule has 0 amide bonds. The number of ether oxygens (including phenoxy) is 1. The number of terminal acetylenes is 1. The van der Waals surface area contributed by atoms with Crippen molar-refractivity contribution in [1.29, 1.82) is 0 Å². The Bertz CT molecular complexity index is 856. The summed E-state index contributed by atoms with van der Waals surface area (Å²) in [4.78, 5) is 13.4. The summed E-state index contributed by atoms with van der Waals surface area (Å²) in [6.07, 6.45) is 8.96. The highest BCUT2D eigenvalue weighted by molar-refractivity contribution is 5.91. The van der Waals surface area contributed by atoms with Crippen LogP contribution < -0.4 is 5.32 Å². The molecule has 0 atom stereocenters. The fourth-order valence-corrected chi connectivity index (χ4v) is 2.25. The van der Waals surface area contributed by atoms with Gasteiger partial charge in [0.15, 0.2) is 5.82 Å². The van der Waals surface area contributed by atoms with Crippen LogP contribution in [-0.4, -0.2) is 35.2 Å². The standard InChI is InChI=1S/C18H16N4O/c1-3-13-6-7-16-15(11-13)18(20-9-10-23-2)22-17(21-16)14-5-4-8-19-12-14/h1,4-8,11-12H,9-10H2,2H3,(H,20,21,22). The Kier molecular flexibility index (Phi) is 4.46. The Morgan fingerprint density at radius 1 is 1.26 bits per heavy atom. The zero-order valence-corrected chi connectivity index (χ0v) is 12.8. The number of hydrogen-bond donors (Lipinski definition) is 1. The number of pyridine rings is 1. The van der Waals surface area contributed by atoms with Crippen LogP contribution in [0.25, 0.3) is 22.3 Å². The first-order chi connectivity index (χ1) is 11.3. The van der Waals surface area contributed by atoms with Crippen molar-refractivity contribution in [2.75, 3.05) is 25.6 Å². The number of rotatable bonds is 5. The van der Waals surface area contributed by atoms with Gasteiger partial charge in [-0.1, -0.05) is 5.92 Å². The number of nitrogens with one attached hydrogen (secondary N) is 1. The first kappa shape index (κ1) is 14.9. The number of nitrogens with zero attached hydrogens (tertiary/aromatic N) is 3. The Labute approximate surface area is 134 Å². The highest BCUT2D eigenvalue weighted by Gasteiger charge is 2.10. The van der Waals surface area contributed by atoms with E-state index >= 15 is 0 Å². The van der Waals surface area contributed by atoms with E-state index in [0.29, 0.717) is 19.0 Å². The van der Waals surface area contributed by atoms with Gasteiger partial charge >= 0.3 is 0 Å². The summed E-state index contributed by atoms with van der Waals surface area (Å²) in [5.41, 5.74) is 2.49. The second kappa shape index (κ2) is 6.86. The number of aromatic nitrogens is 3. The number of hydrogen-bond acceptors (Lipinski definition) is 5. The Hall–Kier alpha value is -2.97. The third kappa shape index (κ3) is 3.28. The number of methoxy groups -OCH3 is 1. The molecule has 2 aromatic heterocycles. The zero-order chi connectivity index (χ0) is 16.1. The van der Waals surface area contributed by atoms with Gasteiger partial charge in [0.1, 0.15) is 5.82 Å². The average Bonchev–Trinajstić information content (AvgIpc) is 2.62. The van der Waals surface area contributed by atoms with Crippen LogP contribution >= 0.6 is 0 Å². The highest BCUT2D eigenvalue weighted by atomic mass is 16.5. The van der Waals surface area contributed by atoms with Gasteiger partial charge in [-0.15, -0.1) is 6.42 Å². The molecular formula is C18H16N4O. The van der Waals surface area contributed by atoms with Crippen LogP contribution in [-0.2, 0) is 4.74 Å². The summed E-state index contributed by atoms with van der Waals surface area (Å²) in [6, 6.07) is 9.50. The van der Waals surface area contributed by atoms with Crippen LogP contribution in [0.1, 0.15) is 5.56 Å². The lowest BCUT2D eigenvalue weighted by atomic mass is 10.1. The molecule has 23 heavy (non-hydrogen) atoms. The molecule has 0 aliphatic heterocycles. The third-order valence-electron chi connectivity index (χ3n) is 3.38. The zero-order valence-electron chi connectivity index (χ0n) is 12.8. The summed E-state index contributed by atoms with van der Waals surface area (Å²) in [5, 5.41) is 4.18. The SMILES string of the molecule is C#Cc1ccc2nc(-c3cccnc3)nc(NCCOC)c2c1. The molecule has 1 N–H and O–H groups in total. The van der Waals surface area contributed by atoms with Crippen LogP contribution in [0.3, 0.4) is 0 Å². The minimum atomic E-state index is 0.586. The molecule has 3 rings (SSSR count). The molecule has 5 nitrogen and oxygen atoms in total. The Balaban J connectivity index is 2.12. The van der Waals surface area contributed by atoms with E-state index in [0.717, 1.165) is 27.8 Å². The van der Waals surface area contributed by atoms with Crippen molar-refractivity contribution in [2.24, 2.45) is 0 Å². The summed E-state index contributed by atoms with van der Waals surface area (Å²) in [7, 11) is 1.66. The minimum absolute atomic E-state index is 0.586. The molecular weight excluding hydrogens is 288 g/mol. The Morgan fingerprint density at radius 3 is 2.91 bits per heavy atom. The van der Waals surface area contributed by atoms with Gasteiger partial charge in [-0.25, -0.2) is 9.97 Å². The predicted octanol–water partition coefficient (Wildman–Crippen LogP) is 2.73. The van der Waals surface area contributed by atoms with Crippen molar-refractivity contribution in [1.82, 2.24) is 15.0 Å². The molecule has 0 aliphatic rings. The fourth-order valence-electron chi connectivity index (χ4n) is 2.25. The molecule has 0 aliphatic carbocycles. The molecule has 0 bridgehead atoms. The normalized spacial score (nSPS) is 10.4. The second-order valence-corrected chi connectivity index (χ2v) is 4.93. The van der Waals surface area contributed by atoms with Gasteiger partial charge in [-0.3, -0.25) is 4.98 Å². The van der Waals surface area contributed by atoms with Gasteiger partial charge in [0, 0.05) is 42.6 Å². The maximum Gasteiger partial charge on any atom is 0.163 e. The molecule has 0 saturated carbocycles. The number of fused-ring (bicyclic) bond motifs is 1. The minimum Gasteiger partial charge on any atom is -0.383 e. The van der Waals surface area contributed by atoms with Gasteiger partial charge in [0.25, 0.3) is 0 Å². The van der Waals surface area contributed by atoms with E-state index in [-0.39, 0.29) is 0 Å². The smallest absolute Gasteiger partial charge is 0.163 e. The summed E-state index contributed by atoms with van der Waals surface area (Å²) in [6.45, 7) is 1.23. The third-order valence-corrected chi connectivity index (χ3v) is 3.38. The molecule has 1 aromatic carbocycles. The molecule has 0 saturated heterocycles. The van der Waals surface area contributed by atoms with E-state index in [1.165, 1.54) is 0 Å². The van der Waals surface area contributed by atoms with Gasteiger partial charge in [0.05, 0.1) is 12.1 Å². The lowest BCUT2D eigenvalue weighted by Gasteiger charge is -2.11. The van der Waals surface area contributed by atoms with Crippen LogP contribution in [0.2, 0.25) is 0 Å². The fraction of sp³-hybridized carbons (Fsp3) is 0.167. The van der Waals surface area contributed by atoms with Gasteiger partial charge in [-0.05, 0) is 30.3 Å². The first-order valence-electron chi connectivity index (χ1n) is 7.23. The van der Waals surface area contributed by atoms with Gasteiger partial charge in [-0.2, -0.15) is 0 Å². The Morgan fingerprint density at radius 2 is 2.17 bits per heavy atom. The predicted molar refractivity (Wildman–Crippen MR) is 91.1 cm³/mol. The van der Waals surface area contributed by atoms with E-state index in [1.54, 1.807) is 19.5 Å². The van der Waals surface area contributed by atoms with E-state index < -0.39 is 0 Å². The molecule has 114 valence electrons. The first-order valence-corrected chi connectivity index (χ1v) is 7.23. The lowest BCUT2D eigenvalue weighted by molar-refractivity contribution is 0.210. The van der Waals surface area contributed by atoms with E-state index in [9.17, 15) is 0 Å². The van der Waals surface area contributed by atoms with Gasteiger partial charge in [0.2, 0.25) is 0 Å². The lowest BCUT2D eigenvalue weighted by Crippen LogP contribution is -2.10. The average molecular weight is 304 g/mol. The monoisotopic (exact) mass is 304 g/mol. The van der Waals surface area contributed by atoms with E-state index in [1.807, 2.05) is 30.3 Å². The molecule has 2 heterocycles. The largest absolute Gasteiger partial charge is 0.383 e. The van der Waals surface area contributed by atoms with Crippen molar-refractivity contribution >= 4 is 16.7 Å². The summed E-state index contributed by atoms with van der Waals surface area (Å²) >= 11 is 0. The molecule has 0 fully saturated rings. The van der Waals surface area contributed by atoms with Crippen molar-refractivity contribution in [3.63, 3.8) is 0 Å². The van der Waals surface area contributed by atoms with Crippen LogP contribution in [0, 0.1) is 12.3 Å². The van der Waals surface area contributed by atoms with E-state index in [2.05, 4.69) is 26.2 Å². The van der Waals surface area contributed by atoms with Crippen LogP contribution in [0.5, 0.6) is 0 Å². The molecule has 0 radical (unpaired) electrons. The summed E-state index contributed by atoms with van der Waals surface area (Å²) < 4.78 is 5.09. The van der Waals surface area contributed by atoms with Crippen molar-refractivity contribution in [3.8, 4) is 23.7 Å². The quantitative estimate of drug-likeness (QED) is 0.580. The molecule has 5 heteroatoms. The van der Waals surface area contributed by atoms with E-state index in [4.69, 9.17) is 11.2 Å². The molecule has 3 aromatic rings.